The SMILES string of the molecule is NCc1cccc(C(=O)c2ccc3oc(=O)[nH]c3c2)c1. The van der Waals surface area contributed by atoms with Crippen LogP contribution in [0.25, 0.3) is 11.1 Å². The minimum Gasteiger partial charge on any atom is -0.408 e. The first-order valence-corrected chi connectivity index (χ1v) is 6.14. The van der Waals surface area contributed by atoms with Gasteiger partial charge in [-0.2, -0.15) is 0 Å². The van der Waals surface area contributed by atoms with E-state index in [-0.39, 0.29) is 5.78 Å². The van der Waals surface area contributed by atoms with Crippen LogP contribution in [0.2, 0.25) is 0 Å². The first-order chi connectivity index (χ1) is 9.67. The van der Waals surface area contributed by atoms with E-state index in [1.165, 1.54) is 0 Å². The molecule has 0 fully saturated rings. The quantitative estimate of drug-likeness (QED) is 0.709. The molecule has 0 radical (unpaired) electrons. The highest BCUT2D eigenvalue weighted by molar-refractivity contribution is 6.10. The summed E-state index contributed by atoms with van der Waals surface area (Å²) in [5, 5.41) is 0. The molecule has 0 bridgehead atoms. The third kappa shape index (κ3) is 2.15. The number of rotatable bonds is 3. The van der Waals surface area contributed by atoms with E-state index in [0.29, 0.717) is 28.8 Å². The average molecular weight is 268 g/mol. The Morgan fingerprint density at radius 2 is 1.95 bits per heavy atom. The van der Waals surface area contributed by atoms with Crippen LogP contribution in [0.3, 0.4) is 0 Å². The normalized spacial score (nSPS) is 10.8. The highest BCUT2D eigenvalue weighted by Gasteiger charge is 2.11. The van der Waals surface area contributed by atoms with E-state index in [1.807, 2.05) is 6.07 Å². The van der Waals surface area contributed by atoms with Gasteiger partial charge in [0.15, 0.2) is 11.4 Å². The zero-order valence-corrected chi connectivity index (χ0v) is 10.6. The number of ketones is 1. The van der Waals surface area contributed by atoms with Crippen LogP contribution in [0.4, 0.5) is 0 Å². The first kappa shape index (κ1) is 12.4. The molecule has 0 saturated heterocycles. The summed E-state index contributed by atoms with van der Waals surface area (Å²) in [5.41, 5.74) is 8.47. The smallest absolute Gasteiger partial charge is 0.408 e. The molecule has 0 saturated carbocycles. The Morgan fingerprint density at radius 3 is 2.75 bits per heavy atom. The van der Waals surface area contributed by atoms with Crippen LogP contribution in [0.5, 0.6) is 0 Å². The minimum atomic E-state index is -0.533. The largest absolute Gasteiger partial charge is 0.417 e. The summed E-state index contributed by atoms with van der Waals surface area (Å²) in [6, 6.07) is 12.0. The maximum absolute atomic E-state index is 12.4. The lowest BCUT2D eigenvalue weighted by atomic mass is 10.0. The fraction of sp³-hybridized carbons (Fsp3) is 0.0667. The van der Waals surface area contributed by atoms with Crippen LogP contribution in [0.1, 0.15) is 21.5 Å². The van der Waals surface area contributed by atoms with E-state index in [4.69, 9.17) is 10.2 Å². The number of fused-ring (bicyclic) bond motifs is 1. The molecule has 1 heterocycles. The van der Waals surface area contributed by atoms with Crippen molar-refractivity contribution in [2.24, 2.45) is 5.73 Å². The lowest BCUT2D eigenvalue weighted by molar-refractivity contribution is 0.103. The van der Waals surface area contributed by atoms with Crippen LogP contribution in [0.15, 0.2) is 51.7 Å². The van der Waals surface area contributed by atoms with Gasteiger partial charge in [0.25, 0.3) is 0 Å². The monoisotopic (exact) mass is 268 g/mol. The Hall–Kier alpha value is -2.66. The van der Waals surface area contributed by atoms with E-state index >= 15 is 0 Å². The minimum absolute atomic E-state index is 0.121. The van der Waals surface area contributed by atoms with Crippen molar-refractivity contribution < 1.29 is 9.21 Å². The highest BCUT2D eigenvalue weighted by atomic mass is 16.4. The predicted octanol–water partition coefficient (Wildman–Crippen LogP) is 1.81. The van der Waals surface area contributed by atoms with Gasteiger partial charge in [0.2, 0.25) is 0 Å². The fourth-order valence-electron chi connectivity index (χ4n) is 2.10. The number of nitrogens with one attached hydrogen (secondary N) is 1. The molecular weight excluding hydrogens is 256 g/mol. The maximum Gasteiger partial charge on any atom is 0.417 e. The molecule has 0 aliphatic heterocycles. The van der Waals surface area contributed by atoms with Gasteiger partial charge in [0.1, 0.15) is 0 Å². The van der Waals surface area contributed by atoms with Crippen molar-refractivity contribution in [2.75, 3.05) is 0 Å². The third-order valence-electron chi connectivity index (χ3n) is 3.11. The molecule has 20 heavy (non-hydrogen) atoms. The summed E-state index contributed by atoms with van der Waals surface area (Å²) >= 11 is 0. The second-order valence-electron chi connectivity index (χ2n) is 4.46. The van der Waals surface area contributed by atoms with Crippen molar-refractivity contribution in [3.8, 4) is 0 Å². The number of aromatic amines is 1. The summed E-state index contributed by atoms with van der Waals surface area (Å²) < 4.78 is 4.91. The number of H-pyrrole nitrogens is 1. The van der Waals surface area contributed by atoms with Gasteiger partial charge in [-0.25, -0.2) is 4.79 Å². The Kier molecular flexibility index (Phi) is 2.96. The number of nitrogens with two attached hydrogens (primary N) is 1. The van der Waals surface area contributed by atoms with E-state index in [1.54, 1.807) is 36.4 Å². The zero-order chi connectivity index (χ0) is 14.1. The number of carbonyl (C=O) groups excluding carboxylic acids is 1. The number of hydrogen-bond acceptors (Lipinski definition) is 4. The van der Waals surface area contributed by atoms with Crippen molar-refractivity contribution >= 4 is 16.9 Å². The summed E-state index contributed by atoms with van der Waals surface area (Å²) in [4.78, 5) is 26.0. The first-order valence-electron chi connectivity index (χ1n) is 6.14. The Balaban J connectivity index is 2.04. The Labute approximate surface area is 114 Å². The third-order valence-corrected chi connectivity index (χ3v) is 3.11. The van der Waals surface area contributed by atoms with Gasteiger partial charge in [0.05, 0.1) is 5.52 Å². The molecule has 5 nitrogen and oxygen atoms in total. The molecular formula is C15H12N2O3. The van der Waals surface area contributed by atoms with Crippen LogP contribution >= 0.6 is 0 Å². The van der Waals surface area contributed by atoms with Gasteiger partial charge >= 0.3 is 5.76 Å². The van der Waals surface area contributed by atoms with Crippen molar-refractivity contribution in [3.05, 3.63) is 69.7 Å². The summed E-state index contributed by atoms with van der Waals surface area (Å²) in [6.45, 7) is 0.384. The number of benzene rings is 2. The fourth-order valence-corrected chi connectivity index (χ4v) is 2.10. The molecule has 0 aliphatic rings. The molecule has 0 spiro atoms. The van der Waals surface area contributed by atoms with Gasteiger partial charge in [-0.1, -0.05) is 18.2 Å². The highest BCUT2D eigenvalue weighted by Crippen LogP contribution is 2.16. The van der Waals surface area contributed by atoms with Gasteiger partial charge < -0.3 is 10.2 Å². The van der Waals surface area contributed by atoms with Crippen molar-refractivity contribution in [1.29, 1.82) is 0 Å². The maximum atomic E-state index is 12.4. The lowest BCUT2D eigenvalue weighted by Crippen LogP contribution is -2.03. The average Bonchev–Trinajstić information content (AvgIpc) is 2.85. The standard InChI is InChI=1S/C15H12N2O3/c16-8-9-2-1-3-10(6-9)14(18)11-4-5-13-12(7-11)17-15(19)20-13/h1-7H,8,16H2,(H,17,19). The van der Waals surface area contributed by atoms with Crippen LogP contribution < -0.4 is 11.5 Å². The van der Waals surface area contributed by atoms with Crippen molar-refractivity contribution in [3.63, 3.8) is 0 Å². The topological polar surface area (TPSA) is 89.1 Å². The molecule has 3 N–H and O–H groups in total. The van der Waals surface area contributed by atoms with Crippen LogP contribution in [0, 0.1) is 0 Å². The number of hydrogen-bond donors (Lipinski definition) is 2. The summed E-state index contributed by atoms with van der Waals surface area (Å²) in [6.07, 6.45) is 0. The number of oxazole rings is 1. The van der Waals surface area contributed by atoms with E-state index < -0.39 is 5.76 Å². The molecule has 0 unspecified atom stereocenters. The molecule has 3 aromatic rings. The number of aromatic nitrogens is 1. The van der Waals surface area contributed by atoms with Crippen molar-refractivity contribution in [1.82, 2.24) is 4.98 Å². The molecule has 0 atom stereocenters. The van der Waals surface area contributed by atoms with E-state index in [2.05, 4.69) is 4.98 Å². The van der Waals surface area contributed by atoms with Gasteiger partial charge in [0, 0.05) is 17.7 Å². The second kappa shape index (κ2) is 4.79. The van der Waals surface area contributed by atoms with Gasteiger partial charge in [-0.3, -0.25) is 9.78 Å². The molecule has 0 amide bonds. The van der Waals surface area contributed by atoms with E-state index in [0.717, 1.165) is 5.56 Å². The molecule has 0 aliphatic carbocycles. The molecule has 5 heteroatoms. The summed E-state index contributed by atoms with van der Waals surface area (Å²) in [7, 11) is 0. The van der Waals surface area contributed by atoms with Gasteiger partial charge in [-0.05, 0) is 29.8 Å². The Morgan fingerprint density at radius 1 is 1.15 bits per heavy atom. The van der Waals surface area contributed by atoms with Gasteiger partial charge in [-0.15, -0.1) is 0 Å². The second-order valence-corrected chi connectivity index (χ2v) is 4.46. The summed E-state index contributed by atoms with van der Waals surface area (Å²) in [5.74, 6) is -0.654. The van der Waals surface area contributed by atoms with E-state index in [9.17, 15) is 9.59 Å². The molecule has 100 valence electrons. The molecule has 1 aromatic heterocycles. The molecule has 3 rings (SSSR count). The zero-order valence-electron chi connectivity index (χ0n) is 10.6. The van der Waals surface area contributed by atoms with Crippen LogP contribution in [-0.4, -0.2) is 10.8 Å². The molecule has 2 aromatic carbocycles. The van der Waals surface area contributed by atoms with Crippen LogP contribution in [-0.2, 0) is 6.54 Å². The predicted molar refractivity (Wildman–Crippen MR) is 74.6 cm³/mol. The Bertz CT molecular complexity index is 845. The van der Waals surface area contributed by atoms with Crippen molar-refractivity contribution in [2.45, 2.75) is 6.54 Å². The number of carbonyl (C=O) groups is 1. The lowest BCUT2D eigenvalue weighted by Gasteiger charge is -2.03.